The van der Waals surface area contributed by atoms with E-state index in [1.165, 1.54) is 37.3 Å². The molecule has 1 N–H and O–H groups in total. The summed E-state index contributed by atoms with van der Waals surface area (Å²) < 4.78 is 4.64. The standard InChI is InChI=1S/C14H16N4O3/c19-18(20)12-7-6-11(13-14(12)17-21-16-13)15-9-8-10-4-2-1-3-5-10/h4,6-7,15H,1-3,5,8-9H2. The second-order valence-corrected chi connectivity index (χ2v) is 5.14. The highest BCUT2D eigenvalue weighted by molar-refractivity contribution is 5.93. The Balaban J connectivity index is 1.72. The third kappa shape index (κ3) is 2.86. The van der Waals surface area contributed by atoms with E-state index in [1.807, 2.05) is 0 Å². The van der Waals surface area contributed by atoms with Crippen LogP contribution in [0.1, 0.15) is 32.1 Å². The fourth-order valence-corrected chi connectivity index (χ4v) is 2.63. The Bertz CT molecular complexity index is 693. The van der Waals surface area contributed by atoms with Crippen molar-refractivity contribution in [3.05, 3.63) is 33.9 Å². The minimum absolute atomic E-state index is 0.0909. The monoisotopic (exact) mass is 288 g/mol. The Morgan fingerprint density at radius 1 is 1.29 bits per heavy atom. The van der Waals surface area contributed by atoms with Crippen molar-refractivity contribution in [2.24, 2.45) is 0 Å². The summed E-state index contributed by atoms with van der Waals surface area (Å²) in [5.74, 6) is 0. The Morgan fingerprint density at radius 2 is 2.14 bits per heavy atom. The van der Waals surface area contributed by atoms with E-state index in [0.29, 0.717) is 11.2 Å². The Labute approximate surface area is 121 Å². The zero-order valence-corrected chi connectivity index (χ0v) is 11.5. The molecule has 0 spiro atoms. The van der Waals surface area contributed by atoms with E-state index in [4.69, 9.17) is 0 Å². The number of benzene rings is 1. The van der Waals surface area contributed by atoms with Gasteiger partial charge in [0.25, 0.3) is 0 Å². The van der Waals surface area contributed by atoms with Gasteiger partial charge in [-0.25, -0.2) is 4.63 Å². The molecular formula is C14H16N4O3. The molecule has 1 aliphatic rings. The van der Waals surface area contributed by atoms with Gasteiger partial charge in [-0.1, -0.05) is 11.6 Å². The van der Waals surface area contributed by atoms with Crippen LogP contribution >= 0.6 is 0 Å². The predicted molar refractivity (Wildman–Crippen MR) is 78.1 cm³/mol. The van der Waals surface area contributed by atoms with Crippen LogP contribution < -0.4 is 5.32 Å². The van der Waals surface area contributed by atoms with E-state index in [9.17, 15) is 10.1 Å². The molecule has 7 heteroatoms. The molecule has 0 radical (unpaired) electrons. The van der Waals surface area contributed by atoms with Crippen LogP contribution in [-0.2, 0) is 0 Å². The molecule has 0 fully saturated rings. The van der Waals surface area contributed by atoms with Gasteiger partial charge >= 0.3 is 5.69 Å². The summed E-state index contributed by atoms with van der Waals surface area (Å²) in [7, 11) is 0. The van der Waals surface area contributed by atoms with Gasteiger partial charge in [-0.3, -0.25) is 10.1 Å². The van der Waals surface area contributed by atoms with Crippen molar-refractivity contribution in [2.75, 3.05) is 11.9 Å². The van der Waals surface area contributed by atoms with Gasteiger partial charge in [0.2, 0.25) is 5.52 Å². The number of allylic oxidation sites excluding steroid dienone is 1. The molecule has 0 saturated heterocycles. The molecule has 21 heavy (non-hydrogen) atoms. The third-order valence-electron chi connectivity index (χ3n) is 3.74. The fourth-order valence-electron chi connectivity index (χ4n) is 2.63. The number of non-ortho nitro benzene ring substituents is 1. The summed E-state index contributed by atoms with van der Waals surface area (Å²) >= 11 is 0. The molecule has 0 unspecified atom stereocenters. The molecule has 0 atom stereocenters. The van der Waals surface area contributed by atoms with Gasteiger partial charge in [-0.2, -0.15) is 0 Å². The van der Waals surface area contributed by atoms with E-state index in [-0.39, 0.29) is 11.2 Å². The largest absolute Gasteiger partial charge is 0.383 e. The summed E-state index contributed by atoms with van der Waals surface area (Å²) in [6.45, 7) is 0.769. The van der Waals surface area contributed by atoms with E-state index in [1.54, 1.807) is 6.07 Å². The van der Waals surface area contributed by atoms with Crippen molar-refractivity contribution in [1.82, 2.24) is 10.3 Å². The zero-order valence-electron chi connectivity index (χ0n) is 11.5. The molecule has 1 aromatic heterocycles. The number of rotatable bonds is 5. The number of anilines is 1. The maximum absolute atomic E-state index is 10.9. The van der Waals surface area contributed by atoms with Crippen LogP contribution in [0.25, 0.3) is 11.0 Å². The second kappa shape index (κ2) is 5.90. The Kier molecular flexibility index (Phi) is 3.81. The van der Waals surface area contributed by atoms with Crippen molar-refractivity contribution in [2.45, 2.75) is 32.1 Å². The van der Waals surface area contributed by atoms with Crippen molar-refractivity contribution < 1.29 is 9.55 Å². The lowest BCUT2D eigenvalue weighted by molar-refractivity contribution is -0.383. The SMILES string of the molecule is O=[N+]([O-])c1ccc(NCCC2=CCCCC2)c2nonc12. The van der Waals surface area contributed by atoms with Crippen LogP contribution in [0.15, 0.2) is 28.4 Å². The summed E-state index contributed by atoms with van der Waals surface area (Å²) in [6, 6.07) is 3.08. The molecule has 1 aromatic carbocycles. The van der Waals surface area contributed by atoms with Crippen molar-refractivity contribution in [1.29, 1.82) is 0 Å². The van der Waals surface area contributed by atoms with Crippen molar-refractivity contribution in [3.8, 4) is 0 Å². The highest BCUT2D eigenvalue weighted by Crippen LogP contribution is 2.29. The fraction of sp³-hybridized carbons (Fsp3) is 0.429. The first-order chi connectivity index (χ1) is 10.3. The lowest BCUT2D eigenvalue weighted by Gasteiger charge is -2.13. The number of nitrogens with one attached hydrogen (secondary N) is 1. The second-order valence-electron chi connectivity index (χ2n) is 5.14. The first-order valence-corrected chi connectivity index (χ1v) is 7.07. The summed E-state index contributed by atoms with van der Waals surface area (Å²) in [5.41, 5.74) is 2.69. The van der Waals surface area contributed by atoms with Crippen molar-refractivity contribution in [3.63, 3.8) is 0 Å². The molecule has 7 nitrogen and oxygen atoms in total. The maximum atomic E-state index is 10.9. The molecule has 1 heterocycles. The number of hydrogen-bond acceptors (Lipinski definition) is 6. The number of aromatic nitrogens is 2. The molecule has 0 amide bonds. The number of fused-ring (bicyclic) bond motifs is 1. The van der Waals surface area contributed by atoms with Crippen LogP contribution in [0.2, 0.25) is 0 Å². The molecule has 110 valence electrons. The molecule has 0 aliphatic heterocycles. The van der Waals surface area contributed by atoms with E-state index in [0.717, 1.165) is 13.0 Å². The highest BCUT2D eigenvalue weighted by atomic mass is 16.6. The van der Waals surface area contributed by atoms with Gasteiger partial charge in [0.15, 0.2) is 5.52 Å². The van der Waals surface area contributed by atoms with Crippen LogP contribution in [0, 0.1) is 10.1 Å². The van der Waals surface area contributed by atoms with E-state index in [2.05, 4.69) is 26.3 Å². The van der Waals surface area contributed by atoms with Gasteiger partial charge in [0.05, 0.1) is 10.6 Å². The Hall–Kier alpha value is -2.44. The normalized spacial score (nSPS) is 15.0. The van der Waals surface area contributed by atoms with Crippen LogP contribution in [-0.4, -0.2) is 21.8 Å². The number of nitrogens with zero attached hydrogens (tertiary/aromatic N) is 3. The van der Waals surface area contributed by atoms with Gasteiger partial charge in [-0.15, -0.1) is 0 Å². The van der Waals surface area contributed by atoms with Gasteiger partial charge in [0.1, 0.15) is 0 Å². The first-order valence-electron chi connectivity index (χ1n) is 7.07. The Morgan fingerprint density at radius 3 is 2.90 bits per heavy atom. The first kappa shape index (κ1) is 13.5. The summed E-state index contributed by atoms with van der Waals surface area (Å²) in [4.78, 5) is 10.4. The molecule has 0 saturated carbocycles. The lowest BCUT2D eigenvalue weighted by atomic mass is 9.97. The predicted octanol–water partition coefficient (Wildman–Crippen LogP) is 3.43. The highest BCUT2D eigenvalue weighted by Gasteiger charge is 2.19. The molecule has 0 bridgehead atoms. The molecule has 1 aliphatic carbocycles. The zero-order chi connectivity index (χ0) is 14.7. The maximum Gasteiger partial charge on any atom is 0.300 e. The van der Waals surface area contributed by atoms with Crippen LogP contribution in [0.5, 0.6) is 0 Å². The van der Waals surface area contributed by atoms with Crippen LogP contribution in [0.4, 0.5) is 11.4 Å². The topological polar surface area (TPSA) is 94.1 Å². The number of nitro benzene ring substituents is 1. The lowest BCUT2D eigenvalue weighted by Crippen LogP contribution is -2.05. The van der Waals surface area contributed by atoms with Gasteiger partial charge in [0, 0.05) is 12.6 Å². The number of hydrogen-bond donors (Lipinski definition) is 1. The molecular weight excluding hydrogens is 272 g/mol. The van der Waals surface area contributed by atoms with Gasteiger partial charge < -0.3 is 5.32 Å². The number of nitro groups is 1. The molecule has 2 aromatic rings. The summed E-state index contributed by atoms with van der Waals surface area (Å²) in [6.07, 6.45) is 8.18. The quantitative estimate of drug-likeness (QED) is 0.514. The van der Waals surface area contributed by atoms with Gasteiger partial charge in [-0.05, 0) is 48.5 Å². The minimum Gasteiger partial charge on any atom is -0.383 e. The minimum atomic E-state index is -0.483. The third-order valence-corrected chi connectivity index (χ3v) is 3.74. The average molecular weight is 288 g/mol. The van der Waals surface area contributed by atoms with E-state index >= 15 is 0 Å². The van der Waals surface area contributed by atoms with Crippen molar-refractivity contribution >= 4 is 22.4 Å². The summed E-state index contributed by atoms with van der Waals surface area (Å²) in [5, 5.41) is 21.6. The molecule has 3 rings (SSSR count). The smallest absolute Gasteiger partial charge is 0.300 e. The average Bonchev–Trinajstić information content (AvgIpc) is 2.98. The van der Waals surface area contributed by atoms with Crippen LogP contribution in [0.3, 0.4) is 0 Å². The van der Waals surface area contributed by atoms with E-state index < -0.39 is 4.92 Å².